The summed E-state index contributed by atoms with van der Waals surface area (Å²) in [6.07, 6.45) is 0.110. The molecule has 0 aromatic rings. The molecule has 3 heteroatoms. The minimum absolute atomic E-state index is 0.110. The monoisotopic (exact) mass is 138 g/mol. The number of rotatable bonds is 1. The molecule has 0 amide bonds. The predicted molar refractivity (Wildman–Crippen MR) is 29.5 cm³/mol. The molecule has 1 saturated heterocycles. The molecule has 7 heavy (non-hydrogen) atoms. The molecule has 0 aliphatic carbocycles. The molecule has 1 nitrogen and oxygen atoms in total. The van der Waals surface area contributed by atoms with E-state index in [0.29, 0.717) is 5.03 Å². The Balaban J connectivity index is 2.37. The molecule has 1 fully saturated rings. The molecule has 1 rings (SSSR count). The van der Waals surface area contributed by atoms with Crippen LogP contribution in [0.15, 0.2) is 10.6 Å². The largest absolute Gasteiger partial charge is 0.367 e. The maximum Gasteiger partial charge on any atom is 0.117 e. The summed E-state index contributed by atoms with van der Waals surface area (Å²) < 4.78 is 4.78. The topological polar surface area (TPSA) is 12.5 Å². The Kier molecular flexibility index (Phi) is 1.57. The van der Waals surface area contributed by atoms with Crippen LogP contribution in [-0.2, 0) is 4.74 Å². The average Bonchev–Trinajstić information content (AvgIpc) is 2.44. The maximum atomic E-state index is 5.47. The van der Waals surface area contributed by atoms with Gasteiger partial charge in [0.1, 0.15) is 6.10 Å². The highest BCUT2D eigenvalue weighted by Crippen LogP contribution is 2.22. The quantitative estimate of drug-likeness (QED) is 0.503. The third-order valence-corrected chi connectivity index (χ3v) is 1.44. The summed E-state index contributed by atoms with van der Waals surface area (Å²) >= 11 is 10.7. The summed E-state index contributed by atoms with van der Waals surface area (Å²) in [5.74, 6) is 0. The van der Waals surface area contributed by atoms with Crippen molar-refractivity contribution < 1.29 is 4.74 Å². The van der Waals surface area contributed by atoms with Crippen LogP contribution >= 0.6 is 23.2 Å². The lowest BCUT2D eigenvalue weighted by atomic mass is 10.5. The average molecular weight is 139 g/mol. The van der Waals surface area contributed by atoms with Crippen LogP contribution in [0.5, 0.6) is 0 Å². The highest BCUT2D eigenvalue weighted by Gasteiger charge is 2.25. The normalized spacial score (nSPS) is 30.6. The highest BCUT2D eigenvalue weighted by atomic mass is 35.5. The molecule has 0 N–H and O–H groups in total. The summed E-state index contributed by atoms with van der Waals surface area (Å²) in [5, 5.41) is 0.599. The second kappa shape index (κ2) is 2.03. The van der Waals surface area contributed by atoms with Crippen molar-refractivity contribution in [2.75, 3.05) is 6.61 Å². The smallest absolute Gasteiger partial charge is 0.117 e. The summed E-state index contributed by atoms with van der Waals surface area (Å²) in [6.45, 7) is 0.724. The Labute approximate surface area is 51.9 Å². The van der Waals surface area contributed by atoms with E-state index in [1.807, 2.05) is 0 Å². The summed E-state index contributed by atoms with van der Waals surface area (Å²) in [4.78, 5) is 0. The molecule has 1 aliphatic rings. The number of hydrogen-bond acceptors (Lipinski definition) is 1. The van der Waals surface area contributed by atoms with Crippen LogP contribution in [0.25, 0.3) is 0 Å². The molecule has 1 atom stereocenters. The molecular formula is C4H4Cl2O. The molecule has 1 aliphatic heterocycles. The van der Waals surface area contributed by atoms with Gasteiger partial charge in [0, 0.05) is 5.54 Å². The molecule has 0 spiro atoms. The second-order valence-corrected chi connectivity index (χ2v) is 1.97. The molecular weight excluding hydrogens is 135 g/mol. The molecule has 1 heterocycles. The van der Waals surface area contributed by atoms with Gasteiger partial charge >= 0.3 is 0 Å². The van der Waals surface area contributed by atoms with Gasteiger partial charge in [-0.3, -0.25) is 0 Å². The first kappa shape index (κ1) is 5.42. The molecule has 0 aromatic heterocycles. The van der Waals surface area contributed by atoms with Crippen LogP contribution in [-0.4, -0.2) is 12.7 Å². The van der Waals surface area contributed by atoms with E-state index in [1.165, 1.54) is 5.54 Å². The van der Waals surface area contributed by atoms with E-state index in [9.17, 15) is 0 Å². The van der Waals surface area contributed by atoms with E-state index in [-0.39, 0.29) is 6.10 Å². The Morgan fingerprint density at radius 1 is 1.86 bits per heavy atom. The fourth-order valence-corrected chi connectivity index (χ4v) is 0.544. The minimum Gasteiger partial charge on any atom is -0.367 e. The third-order valence-electron chi connectivity index (χ3n) is 0.745. The number of ether oxygens (including phenoxy) is 1. The zero-order chi connectivity index (χ0) is 5.28. The first-order valence-corrected chi connectivity index (χ1v) is 2.73. The van der Waals surface area contributed by atoms with Gasteiger partial charge in [-0.05, 0) is 0 Å². The first-order chi connectivity index (χ1) is 3.34. The standard InChI is InChI=1S/C4H4Cl2O/c5-1-3(6)4-2-7-4/h1,4H,2H2. The minimum atomic E-state index is 0.110. The summed E-state index contributed by atoms with van der Waals surface area (Å²) in [7, 11) is 0. The third kappa shape index (κ3) is 1.34. The molecule has 0 aromatic carbocycles. The first-order valence-electron chi connectivity index (χ1n) is 1.92. The second-order valence-electron chi connectivity index (χ2n) is 1.32. The Morgan fingerprint density at radius 3 is 2.57 bits per heavy atom. The van der Waals surface area contributed by atoms with E-state index in [4.69, 9.17) is 27.9 Å². The molecule has 0 radical (unpaired) electrons. The highest BCUT2D eigenvalue weighted by molar-refractivity contribution is 6.37. The van der Waals surface area contributed by atoms with Crippen molar-refractivity contribution in [3.05, 3.63) is 10.6 Å². The number of halogens is 2. The van der Waals surface area contributed by atoms with Gasteiger partial charge in [0.2, 0.25) is 0 Å². The lowest BCUT2D eigenvalue weighted by molar-refractivity contribution is 0.437. The van der Waals surface area contributed by atoms with Gasteiger partial charge in [0.05, 0.1) is 11.6 Å². The molecule has 1 unspecified atom stereocenters. The van der Waals surface area contributed by atoms with Crippen molar-refractivity contribution in [1.29, 1.82) is 0 Å². The van der Waals surface area contributed by atoms with E-state index in [2.05, 4.69) is 0 Å². The van der Waals surface area contributed by atoms with E-state index < -0.39 is 0 Å². The maximum absolute atomic E-state index is 5.47. The van der Waals surface area contributed by atoms with Gasteiger partial charge in [-0.25, -0.2) is 0 Å². The number of hydrogen-bond donors (Lipinski definition) is 0. The summed E-state index contributed by atoms with van der Waals surface area (Å²) in [6, 6.07) is 0. The van der Waals surface area contributed by atoms with Crippen LogP contribution in [0.3, 0.4) is 0 Å². The van der Waals surface area contributed by atoms with Crippen molar-refractivity contribution in [3.8, 4) is 0 Å². The van der Waals surface area contributed by atoms with Gasteiger partial charge in [0.15, 0.2) is 0 Å². The lowest BCUT2D eigenvalue weighted by Gasteiger charge is -1.80. The molecule has 40 valence electrons. The zero-order valence-corrected chi connectivity index (χ0v) is 5.04. The van der Waals surface area contributed by atoms with Gasteiger partial charge in [0.25, 0.3) is 0 Å². The van der Waals surface area contributed by atoms with Crippen LogP contribution in [0, 0.1) is 0 Å². The summed E-state index contributed by atoms with van der Waals surface area (Å²) in [5.41, 5.74) is 1.33. The SMILES string of the molecule is ClC=C(Cl)C1CO1. The van der Waals surface area contributed by atoms with Crippen molar-refractivity contribution in [2.45, 2.75) is 6.10 Å². The number of epoxide rings is 1. The van der Waals surface area contributed by atoms with E-state index >= 15 is 0 Å². The zero-order valence-electron chi connectivity index (χ0n) is 3.53. The fourth-order valence-electron chi connectivity index (χ4n) is 0.278. The lowest BCUT2D eigenvalue weighted by Crippen LogP contribution is -1.79. The van der Waals surface area contributed by atoms with Crippen LogP contribution in [0.4, 0.5) is 0 Å². The van der Waals surface area contributed by atoms with E-state index in [0.717, 1.165) is 6.61 Å². The van der Waals surface area contributed by atoms with Crippen molar-refractivity contribution in [2.24, 2.45) is 0 Å². The van der Waals surface area contributed by atoms with E-state index in [1.54, 1.807) is 0 Å². The molecule has 0 bridgehead atoms. The van der Waals surface area contributed by atoms with Crippen LogP contribution in [0.2, 0.25) is 0 Å². The van der Waals surface area contributed by atoms with Gasteiger partial charge in [-0.2, -0.15) is 0 Å². The predicted octanol–water partition coefficient (Wildman–Crippen LogP) is 1.70. The van der Waals surface area contributed by atoms with Crippen LogP contribution in [0.1, 0.15) is 0 Å². The molecule has 0 saturated carbocycles. The van der Waals surface area contributed by atoms with Crippen molar-refractivity contribution >= 4 is 23.2 Å². The van der Waals surface area contributed by atoms with Crippen molar-refractivity contribution in [1.82, 2.24) is 0 Å². The van der Waals surface area contributed by atoms with Gasteiger partial charge in [-0.1, -0.05) is 23.2 Å². The van der Waals surface area contributed by atoms with Crippen molar-refractivity contribution in [3.63, 3.8) is 0 Å². The fraction of sp³-hybridized carbons (Fsp3) is 0.500. The van der Waals surface area contributed by atoms with Gasteiger partial charge in [-0.15, -0.1) is 0 Å². The Hall–Kier alpha value is 0.280. The Morgan fingerprint density at radius 2 is 2.43 bits per heavy atom. The van der Waals surface area contributed by atoms with Gasteiger partial charge < -0.3 is 4.74 Å². The van der Waals surface area contributed by atoms with Crippen LogP contribution < -0.4 is 0 Å². The Bertz CT molecular complexity index is 95.9.